The Kier molecular flexibility index (Phi) is 4.12. The summed E-state index contributed by atoms with van der Waals surface area (Å²) in [4.78, 5) is 24.7. The topological polar surface area (TPSA) is 57.6 Å². The molecule has 0 radical (unpaired) electrons. The molecule has 1 aromatic rings. The molecular weight excluding hydrogens is 254 g/mol. The van der Waals surface area contributed by atoms with Gasteiger partial charge in [-0.1, -0.05) is 25.1 Å². The SMILES string of the molecule is Cc1ccc(CC(=O)N2CC(C(C)C(=O)O)C2)cc1C. The van der Waals surface area contributed by atoms with Crippen molar-refractivity contribution in [3.05, 3.63) is 34.9 Å². The Morgan fingerprint density at radius 2 is 1.95 bits per heavy atom. The summed E-state index contributed by atoms with van der Waals surface area (Å²) in [5.41, 5.74) is 3.43. The molecule has 20 heavy (non-hydrogen) atoms. The third-order valence-corrected chi connectivity index (χ3v) is 4.29. The lowest BCUT2D eigenvalue weighted by Crippen LogP contribution is -2.53. The van der Waals surface area contributed by atoms with Gasteiger partial charge in [-0.05, 0) is 30.5 Å². The average Bonchev–Trinajstić information content (AvgIpc) is 2.31. The Morgan fingerprint density at radius 3 is 2.50 bits per heavy atom. The van der Waals surface area contributed by atoms with Gasteiger partial charge in [-0.3, -0.25) is 9.59 Å². The highest BCUT2D eigenvalue weighted by Gasteiger charge is 2.36. The first-order chi connectivity index (χ1) is 9.38. The fourth-order valence-electron chi connectivity index (χ4n) is 2.43. The van der Waals surface area contributed by atoms with E-state index in [1.54, 1.807) is 11.8 Å². The number of hydrogen-bond donors (Lipinski definition) is 1. The number of aliphatic carboxylic acids is 1. The quantitative estimate of drug-likeness (QED) is 0.914. The van der Waals surface area contributed by atoms with Gasteiger partial charge in [-0.15, -0.1) is 0 Å². The molecule has 1 N–H and O–H groups in total. The molecule has 108 valence electrons. The first-order valence-electron chi connectivity index (χ1n) is 6.95. The number of hydrogen-bond acceptors (Lipinski definition) is 2. The largest absolute Gasteiger partial charge is 0.481 e. The molecular formula is C16H21NO3. The van der Waals surface area contributed by atoms with Crippen LogP contribution in [0.4, 0.5) is 0 Å². The molecule has 0 aromatic heterocycles. The first-order valence-corrected chi connectivity index (χ1v) is 6.95. The molecule has 0 saturated carbocycles. The Hall–Kier alpha value is -1.84. The molecule has 1 saturated heterocycles. The Bertz CT molecular complexity index is 533. The number of likely N-dealkylation sites (tertiary alicyclic amines) is 1. The van der Waals surface area contributed by atoms with Crippen molar-refractivity contribution in [2.75, 3.05) is 13.1 Å². The maximum Gasteiger partial charge on any atom is 0.306 e. The van der Waals surface area contributed by atoms with E-state index in [2.05, 4.69) is 0 Å². The summed E-state index contributed by atoms with van der Waals surface area (Å²) in [7, 11) is 0. The molecule has 2 rings (SSSR count). The second kappa shape index (κ2) is 5.65. The van der Waals surface area contributed by atoms with Gasteiger partial charge in [0.05, 0.1) is 12.3 Å². The van der Waals surface area contributed by atoms with E-state index in [4.69, 9.17) is 5.11 Å². The van der Waals surface area contributed by atoms with Crippen molar-refractivity contribution in [2.24, 2.45) is 11.8 Å². The summed E-state index contributed by atoms with van der Waals surface area (Å²) in [5.74, 6) is -0.977. The molecule has 4 nitrogen and oxygen atoms in total. The number of carboxylic acids is 1. The Labute approximate surface area is 119 Å². The molecule has 1 atom stereocenters. The number of nitrogens with zero attached hydrogens (tertiary/aromatic N) is 1. The van der Waals surface area contributed by atoms with Crippen LogP contribution in [0.3, 0.4) is 0 Å². The molecule has 1 aromatic carbocycles. The zero-order valence-electron chi connectivity index (χ0n) is 12.2. The van der Waals surface area contributed by atoms with E-state index in [9.17, 15) is 9.59 Å². The number of carbonyl (C=O) groups excluding carboxylic acids is 1. The van der Waals surface area contributed by atoms with Crippen molar-refractivity contribution < 1.29 is 14.7 Å². The molecule has 1 aliphatic rings. The van der Waals surface area contributed by atoms with E-state index in [1.165, 1.54) is 11.1 Å². The number of benzene rings is 1. The van der Waals surface area contributed by atoms with E-state index in [1.807, 2.05) is 32.0 Å². The molecule has 0 bridgehead atoms. The van der Waals surface area contributed by atoms with Crippen LogP contribution in [0, 0.1) is 25.7 Å². The lowest BCUT2D eigenvalue weighted by Gasteiger charge is -2.41. The van der Waals surface area contributed by atoms with Gasteiger partial charge in [0, 0.05) is 19.0 Å². The fourth-order valence-corrected chi connectivity index (χ4v) is 2.43. The second-order valence-corrected chi connectivity index (χ2v) is 5.78. The summed E-state index contributed by atoms with van der Waals surface area (Å²) in [6.45, 7) is 6.93. The van der Waals surface area contributed by atoms with Crippen molar-refractivity contribution in [1.82, 2.24) is 4.90 Å². The smallest absolute Gasteiger partial charge is 0.306 e. The number of carbonyl (C=O) groups is 2. The minimum atomic E-state index is -0.781. The first kappa shape index (κ1) is 14.6. The zero-order chi connectivity index (χ0) is 14.9. The van der Waals surface area contributed by atoms with Gasteiger partial charge in [0.15, 0.2) is 0 Å². The highest BCUT2D eigenvalue weighted by molar-refractivity contribution is 5.80. The minimum Gasteiger partial charge on any atom is -0.481 e. The normalized spacial score (nSPS) is 16.6. The summed E-state index contributed by atoms with van der Waals surface area (Å²) < 4.78 is 0. The van der Waals surface area contributed by atoms with E-state index in [0.717, 1.165) is 5.56 Å². The van der Waals surface area contributed by atoms with E-state index >= 15 is 0 Å². The molecule has 1 fully saturated rings. The maximum absolute atomic E-state index is 12.1. The van der Waals surface area contributed by atoms with Crippen LogP contribution in [0.25, 0.3) is 0 Å². The molecule has 4 heteroatoms. The van der Waals surface area contributed by atoms with Crippen LogP contribution in [0.2, 0.25) is 0 Å². The van der Waals surface area contributed by atoms with Gasteiger partial charge >= 0.3 is 5.97 Å². The van der Waals surface area contributed by atoms with Gasteiger partial charge in [-0.2, -0.15) is 0 Å². The second-order valence-electron chi connectivity index (χ2n) is 5.78. The lowest BCUT2D eigenvalue weighted by atomic mass is 9.86. The van der Waals surface area contributed by atoms with Crippen LogP contribution < -0.4 is 0 Å². The monoisotopic (exact) mass is 275 g/mol. The summed E-state index contributed by atoms with van der Waals surface area (Å²) in [6, 6.07) is 6.06. The molecule has 1 aliphatic heterocycles. The van der Waals surface area contributed by atoms with Crippen LogP contribution in [-0.4, -0.2) is 35.0 Å². The van der Waals surface area contributed by atoms with Gasteiger partial charge in [0.1, 0.15) is 0 Å². The van der Waals surface area contributed by atoms with E-state index < -0.39 is 5.97 Å². The standard InChI is InChI=1S/C16H21NO3/c1-10-4-5-13(6-11(10)2)7-15(18)17-8-14(9-17)12(3)16(19)20/h4-6,12,14H,7-9H2,1-3H3,(H,19,20). The van der Waals surface area contributed by atoms with E-state index in [-0.39, 0.29) is 17.7 Å². The summed E-state index contributed by atoms with van der Waals surface area (Å²) >= 11 is 0. The lowest BCUT2D eigenvalue weighted by molar-refractivity contribution is -0.150. The van der Waals surface area contributed by atoms with Crippen LogP contribution in [-0.2, 0) is 16.0 Å². The molecule has 0 spiro atoms. The molecule has 0 aliphatic carbocycles. The molecule has 1 amide bonds. The van der Waals surface area contributed by atoms with E-state index in [0.29, 0.717) is 19.5 Å². The van der Waals surface area contributed by atoms with Crippen molar-refractivity contribution >= 4 is 11.9 Å². The third kappa shape index (κ3) is 3.00. The number of rotatable bonds is 4. The third-order valence-electron chi connectivity index (χ3n) is 4.29. The number of aryl methyl sites for hydroxylation is 2. The fraction of sp³-hybridized carbons (Fsp3) is 0.500. The van der Waals surface area contributed by atoms with Crippen LogP contribution >= 0.6 is 0 Å². The predicted molar refractivity (Wildman–Crippen MR) is 76.5 cm³/mol. The highest BCUT2D eigenvalue weighted by atomic mass is 16.4. The van der Waals surface area contributed by atoms with Gasteiger partial charge in [0.25, 0.3) is 0 Å². The van der Waals surface area contributed by atoms with Crippen molar-refractivity contribution in [2.45, 2.75) is 27.2 Å². The minimum absolute atomic E-state index is 0.0853. The maximum atomic E-state index is 12.1. The van der Waals surface area contributed by atoms with Crippen molar-refractivity contribution in [3.63, 3.8) is 0 Å². The van der Waals surface area contributed by atoms with Crippen LogP contribution in [0.5, 0.6) is 0 Å². The van der Waals surface area contributed by atoms with Crippen molar-refractivity contribution in [1.29, 1.82) is 0 Å². The van der Waals surface area contributed by atoms with Crippen molar-refractivity contribution in [3.8, 4) is 0 Å². The zero-order valence-corrected chi connectivity index (χ0v) is 12.2. The molecule has 1 heterocycles. The summed E-state index contributed by atoms with van der Waals surface area (Å²) in [6.07, 6.45) is 0.398. The van der Waals surface area contributed by atoms with Gasteiger partial charge in [-0.25, -0.2) is 0 Å². The predicted octanol–water partition coefficient (Wildman–Crippen LogP) is 2.03. The van der Waals surface area contributed by atoms with Crippen LogP contribution in [0.1, 0.15) is 23.6 Å². The van der Waals surface area contributed by atoms with Gasteiger partial charge in [0.2, 0.25) is 5.91 Å². The average molecular weight is 275 g/mol. The number of carboxylic acid groups (broad SMARTS) is 1. The summed E-state index contributed by atoms with van der Waals surface area (Å²) in [5, 5.41) is 8.93. The molecule has 1 unspecified atom stereocenters. The Balaban J connectivity index is 1.88. The number of amides is 1. The highest BCUT2D eigenvalue weighted by Crippen LogP contribution is 2.25. The Morgan fingerprint density at radius 1 is 1.30 bits per heavy atom. The van der Waals surface area contributed by atoms with Gasteiger partial charge < -0.3 is 10.0 Å². The van der Waals surface area contributed by atoms with Crippen LogP contribution in [0.15, 0.2) is 18.2 Å².